The zero-order valence-corrected chi connectivity index (χ0v) is 22.2. The van der Waals surface area contributed by atoms with Crippen LogP contribution in [0.4, 0.5) is 4.79 Å². The standard InChI is InChI=1S/C19H26N4O9S4/c24-13(4-2-1-3-11-17-10(9-35-11)21-19(27)22-17)20-5-6-31-15(33)8-16(34)32-23-14(25)7-12(18(23)26)36(28,29)30/h10-12,17H,1-9H2,(H,20,24)(H2,21,22,27)(H,28,29,30)/t10-,11-,12?,17-/m0/s1. The highest BCUT2D eigenvalue weighted by atomic mass is 32.2. The summed E-state index contributed by atoms with van der Waals surface area (Å²) in [6, 6.07) is 0.224. The number of carbonyl (C=O) groups excluding carboxylic acids is 4. The number of rotatable bonds is 12. The molecule has 0 aliphatic carbocycles. The van der Waals surface area contributed by atoms with Crippen molar-refractivity contribution in [2.75, 3.05) is 18.9 Å². The number of unbranched alkanes of at least 4 members (excludes halogenated alkanes) is 1. The number of nitrogens with zero attached hydrogens (tertiary/aromatic N) is 1. The lowest BCUT2D eigenvalue weighted by atomic mass is 10.0. The third-order valence-electron chi connectivity index (χ3n) is 5.67. The van der Waals surface area contributed by atoms with Crippen molar-refractivity contribution in [3.63, 3.8) is 0 Å². The molecule has 4 atom stereocenters. The van der Waals surface area contributed by atoms with Crippen molar-refractivity contribution >= 4 is 80.2 Å². The van der Waals surface area contributed by atoms with Crippen LogP contribution in [-0.4, -0.2) is 93.4 Å². The number of carbonyl (C=O) groups is 4. The molecule has 0 spiro atoms. The summed E-state index contributed by atoms with van der Waals surface area (Å²) in [6.07, 6.45) is 1.89. The third-order valence-corrected chi connectivity index (χ3v) is 8.75. The largest absolute Gasteiger partial charge is 0.485 e. The average molecular weight is 583 g/mol. The molecule has 0 aromatic rings. The predicted molar refractivity (Wildman–Crippen MR) is 136 cm³/mol. The van der Waals surface area contributed by atoms with Crippen LogP contribution in [0.3, 0.4) is 0 Å². The van der Waals surface area contributed by atoms with Gasteiger partial charge in [-0.05, 0) is 37.3 Å². The molecule has 200 valence electrons. The van der Waals surface area contributed by atoms with Crippen LogP contribution in [0.1, 0.15) is 38.5 Å². The van der Waals surface area contributed by atoms with Crippen LogP contribution in [0.25, 0.3) is 0 Å². The zero-order valence-electron chi connectivity index (χ0n) is 19.0. The molecule has 3 aliphatic rings. The van der Waals surface area contributed by atoms with Gasteiger partial charge in [-0.3, -0.25) is 18.9 Å². The van der Waals surface area contributed by atoms with E-state index in [9.17, 15) is 27.6 Å². The van der Waals surface area contributed by atoms with Crippen molar-refractivity contribution in [1.82, 2.24) is 21.0 Å². The van der Waals surface area contributed by atoms with Crippen molar-refractivity contribution in [3.8, 4) is 0 Å². The molecule has 0 aromatic carbocycles. The SMILES string of the molecule is O=C(CCCC[C@@H]1SC[C@@H]2NC(=O)N[C@@H]21)NCCOC(=S)CC(=S)ON1C(=O)CC(S(=O)(=O)O)C1=O. The number of imide groups is 1. The quantitative estimate of drug-likeness (QED) is 0.0786. The highest BCUT2D eigenvalue weighted by molar-refractivity contribution is 8.00. The maximum Gasteiger partial charge on any atom is 0.315 e. The molecule has 13 nitrogen and oxygen atoms in total. The summed E-state index contributed by atoms with van der Waals surface area (Å²) < 4.78 is 36.6. The second-order valence-electron chi connectivity index (χ2n) is 8.31. The van der Waals surface area contributed by atoms with Gasteiger partial charge < -0.3 is 25.5 Å². The second-order valence-corrected chi connectivity index (χ2v) is 12.1. The van der Waals surface area contributed by atoms with Crippen LogP contribution in [0.2, 0.25) is 0 Å². The highest BCUT2D eigenvalue weighted by Gasteiger charge is 2.48. The lowest BCUT2D eigenvalue weighted by Gasteiger charge is -2.16. The van der Waals surface area contributed by atoms with Crippen molar-refractivity contribution in [2.24, 2.45) is 0 Å². The van der Waals surface area contributed by atoms with Crippen molar-refractivity contribution < 1.29 is 41.7 Å². The average Bonchev–Trinajstić information content (AvgIpc) is 3.42. The van der Waals surface area contributed by atoms with E-state index in [1.54, 1.807) is 0 Å². The summed E-state index contributed by atoms with van der Waals surface area (Å²) in [5, 5.41) is 6.85. The fraction of sp³-hybridized carbons (Fsp3) is 0.684. The second kappa shape index (κ2) is 12.4. The number of thiocarbonyl (C=S) groups is 2. The van der Waals surface area contributed by atoms with Gasteiger partial charge in [-0.15, -0.1) is 5.06 Å². The van der Waals surface area contributed by atoms with Crippen molar-refractivity contribution in [3.05, 3.63) is 0 Å². The van der Waals surface area contributed by atoms with Crippen LogP contribution in [0.15, 0.2) is 0 Å². The van der Waals surface area contributed by atoms with E-state index in [1.807, 2.05) is 11.8 Å². The first-order valence-electron chi connectivity index (χ1n) is 11.1. The number of nitrogens with one attached hydrogen (secondary N) is 3. The topological polar surface area (TPSA) is 180 Å². The minimum Gasteiger partial charge on any atom is -0.485 e. The molecule has 3 fully saturated rings. The molecule has 3 aliphatic heterocycles. The van der Waals surface area contributed by atoms with Gasteiger partial charge in [0, 0.05) is 17.4 Å². The molecule has 17 heteroatoms. The number of hydrogen-bond donors (Lipinski definition) is 4. The molecule has 3 rings (SSSR count). The van der Waals surface area contributed by atoms with E-state index < -0.39 is 33.6 Å². The smallest absolute Gasteiger partial charge is 0.315 e. The highest BCUT2D eigenvalue weighted by Crippen LogP contribution is 2.33. The minimum atomic E-state index is -4.75. The first-order chi connectivity index (χ1) is 17.0. The Morgan fingerprint density at radius 3 is 2.64 bits per heavy atom. The maximum atomic E-state index is 12.0. The molecule has 4 N–H and O–H groups in total. The van der Waals surface area contributed by atoms with E-state index in [-0.39, 0.29) is 58.8 Å². The molecule has 36 heavy (non-hydrogen) atoms. The number of amides is 5. The Hall–Kier alpha value is -2.08. The number of urea groups is 1. The lowest BCUT2D eigenvalue weighted by Crippen LogP contribution is -2.36. The maximum absolute atomic E-state index is 12.0. The Morgan fingerprint density at radius 1 is 1.19 bits per heavy atom. The van der Waals surface area contributed by atoms with E-state index in [0.29, 0.717) is 11.7 Å². The summed E-state index contributed by atoms with van der Waals surface area (Å²) in [7, 11) is -4.75. The van der Waals surface area contributed by atoms with Gasteiger partial charge in [-0.25, -0.2) is 4.79 Å². The van der Waals surface area contributed by atoms with Gasteiger partial charge in [0.05, 0.1) is 31.5 Å². The first-order valence-corrected chi connectivity index (χ1v) is 14.5. The van der Waals surface area contributed by atoms with Crippen LogP contribution in [-0.2, 0) is 34.1 Å². The number of thioether (sulfide) groups is 1. The number of hydrogen-bond acceptors (Lipinski definition) is 11. The summed E-state index contributed by atoms with van der Waals surface area (Å²) in [5.74, 6) is -1.44. The van der Waals surface area contributed by atoms with Gasteiger partial charge >= 0.3 is 6.03 Å². The van der Waals surface area contributed by atoms with Gasteiger partial charge in [0.15, 0.2) is 10.3 Å². The van der Waals surface area contributed by atoms with Crippen LogP contribution in [0.5, 0.6) is 0 Å². The summed E-state index contributed by atoms with van der Waals surface area (Å²) in [5.41, 5.74) is 0. The molecule has 3 saturated heterocycles. The minimum absolute atomic E-state index is 0.0134. The third kappa shape index (κ3) is 7.71. The van der Waals surface area contributed by atoms with Crippen LogP contribution in [0, 0.1) is 0 Å². The van der Waals surface area contributed by atoms with Gasteiger partial charge in [-0.1, -0.05) is 6.42 Å². The summed E-state index contributed by atoms with van der Waals surface area (Å²) in [6.45, 7) is 0.264. The molecule has 1 unspecified atom stereocenters. The zero-order chi connectivity index (χ0) is 26.5. The molecule has 0 radical (unpaired) electrons. The molecule has 5 amide bonds. The van der Waals surface area contributed by atoms with E-state index in [4.69, 9.17) is 38.6 Å². The molecule has 3 heterocycles. The van der Waals surface area contributed by atoms with E-state index >= 15 is 0 Å². The summed E-state index contributed by atoms with van der Waals surface area (Å²) >= 11 is 11.8. The van der Waals surface area contributed by atoms with Gasteiger partial charge in [-0.2, -0.15) is 20.2 Å². The molecule has 0 saturated carbocycles. The Morgan fingerprint density at radius 2 is 1.94 bits per heavy atom. The Kier molecular flexibility index (Phi) is 9.85. The number of ether oxygens (including phenoxy) is 1. The number of fused-ring (bicyclic) bond motifs is 1. The Balaban J connectivity index is 1.23. The Bertz CT molecular complexity index is 1040. The normalized spacial score (nSPS) is 25.2. The van der Waals surface area contributed by atoms with Gasteiger partial charge in [0.1, 0.15) is 6.61 Å². The van der Waals surface area contributed by atoms with Crippen LogP contribution >= 0.6 is 36.2 Å². The predicted octanol–water partition coefficient (Wildman–Crippen LogP) is -0.163. The van der Waals surface area contributed by atoms with Crippen molar-refractivity contribution in [2.45, 2.75) is 61.1 Å². The number of hydroxylamine groups is 2. The Labute approximate surface area is 222 Å². The van der Waals surface area contributed by atoms with E-state index in [1.165, 1.54) is 0 Å². The van der Waals surface area contributed by atoms with Gasteiger partial charge in [0.25, 0.3) is 21.9 Å². The lowest BCUT2D eigenvalue weighted by molar-refractivity contribution is -0.166. The fourth-order valence-corrected chi connectivity index (χ4v) is 6.69. The summed E-state index contributed by atoms with van der Waals surface area (Å²) in [4.78, 5) is 52.0. The van der Waals surface area contributed by atoms with E-state index in [2.05, 4.69) is 16.0 Å². The molecule has 0 bridgehead atoms. The molecular weight excluding hydrogens is 556 g/mol. The molecular formula is C19H26N4O9S4. The fourth-order valence-electron chi connectivity index (χ4n) is 3.93. The monoisotopic (exact) mass is 582 g/mol. The van der Waals surface area contributed by atoms with E-state index in [0.717, 1.165) is 25.0 Å². The van der Waals surface area contributed by atoms with Crippen molar-refractivity contribution in [1.29, 1.82) is 0 Å². The van der Waals surface area contributed by atoms with Crippen LogP contribution < -0.4 is 16.0 Å². The first kappa shape index (κ1) is 28.5. The molecule has 0 aromatic heterocycles. The van der Waals surface area contributed by atoms with Gasteiger partial charge in [0.2, 0.25) is 11.0 Å².